The number of nitrogens with zero attached hydrogens (tertiary/aromatic N) is 4. The second-order valence-electron chi connectivity index (χ2n) is 15.2. The minimum absolute atomic E-state index is 0.0384. The number of hydrogen-bond donors (Lipinski definition) is 2. The van der Waals surface area contributed by atoms with E-state index in [2.05, 4.69) is 68.0 Å². The first-order valence-electron chi connectivity index (χ1n) is 17.6. The van der Waals surface area contributed by atoms with E-state index in [1.54, 1.807) is 5.06 Å². The van der Waals surface area contributed by atoms with E-state index in [-0.39, 0.29) is 30.4 Å². The van der Waals surface area contributed by atoms with E-state index in [1.165, 1.54) is 6.42 Å². The molecule has 7 atom stereocenters. The van der Waals surface area contributed by atoms with Gasteiger partial charge in [0.1, 0.15) is 12.1 Å². The molecule has 1 unspecified atom stereocenters. The van der Waals surface area contributed by atoms with Crippen LogP contribution in [0.15, 0.2) is 59.6 Å². The zero-order valence-corrected chi connectivity index (χ0v) is 28.7. The average Bonchev–Trinajstić information content (AvgIpc) is 3.45. The fourth-order valence-corrected chi connectivity index (χ4v) is 8.79. The lowest BCUT2D eigenvalue weighted by Gasteiger charge is -2.61. The van der Waals surface area contributed by atoms with Gasteiger partial charge >= 0.3 is 6.03 Å². The molecule has 254 valence electrons. The number of hydrogen-bond acceptors (Lipinski definition) is 6. The van der Waals surface area contributed by atoms with Crippen molar-refractivity contribution in [3.8, 4) is 0 Å². The van der Waals surface area contributed by atoms with Crippen LogP contribution in [0.1, 0.15) is 58.6 Å². The number of carbonyl (C=O) groups excluding carboxylic acids is 2. The molecule has 2 aromatic rings. The maximum atomic E-state index is 13.9. The number of urea groups is 1. The highest BCUT2D eigenvalue weighted by atomic mass is 16.7. The van der Waals surface area contributed by atoms with Crippen LogP contribution in [0.2, 0.25) is 0 Å². The second-order valence-corrected chi connectivity index (χ2v) is 15.2. The van der Waals surface area contributed by atoms with E-state index in [9.17, 15) is 14.7 Å². The fourth-order valence-electron chi connectivity index (χ4n) is 8.79. The molecule has 9 nitrogen and oxygen atoms in total. The maximum Gasteiger partial charge on any atom is 0.317 e. The first kappa shape index (κ1) is 33.6. The van der Waals surface area contributed by atoms with Crippen molar-refractivity contribution in [1.82, 2.24) is 15.3 Å². The number of aliphatic hydroxyl groups is 1. The van der Waals surface area contributed by atoms with E-state index in [4.69, 9.17) is 4.84 Å². The van der Waals surface area contributed by atoms with Gasteiger partial charge in [-0.2, -0.15) is 5.06 Å². The smallest absolute Gasteiger partial charge is 0.317 e. The molecule has 5 aliphatic rings. The predicted molar refractivity (Wildman–Crippen MR) is 185 cm³/mol. The average molecular weight is 644 g/mol. The Hall–Kier alpha value is -3.27. The van der Waals surface area contributed by atoms with Gasteiger partial charge in [-0.1, -0.05) is 77.1 Å². The number of piperazine rings is 1. The summed E-state index contributed by atoms with van der Waals surface area (Å²) >= 11 is 0. The van der Waals surface area contributed by atoms with Gasteiger partial charge in [0, 0.05) is 50.5 Å². The summed E-state index contributed by atoms with van der Waals surface area (Å²) in [4.78, 5) is 41.7. The Morgan fingerprint density at radius 3 is 2.43 bits per heavy atom. The first-order valence-corrected chi connectivity index (χ1v) is 17.6. The van der Waals surface area contributed by atoms with E-state index in [0.717, 1.165) is 36.3 Å². The quantitative estimate of drug-likeness (QED) is 0.356. The molecular formula is C38H53N5O4. The number of fused-ring (bicyclic) bond motifs is 2. The zero-order valence-electron chi connectivity index (χ0n) is 28.7. The van der Waals surface area contributed by atoms with Crippen LogP contribution in [-0.4, -0.2) is 78.2 Å². The zero-order chi connectivity index (χ0) is 33.3. The highest BCUT2D eigenvalue weighted by molar-refractivity contribution is 5.90. The molecule has 5 fully saturated rings. The molecule has 3 amide bonds. The fraction of sp³-hybridized carbons (Fsp3) is 0.605. The summed E-state index contributed by atoms with van der Waals surface area (Å²) in [5.74, 6) is 2.03. The monoisotopic (exact) mass is 643 g/mol. The number of anilines is 1. The Bertz CT molecular complexity index is 1420. The van der Waals surface area contributed by atoms with Gasteiger partial charge in [0.25, 0.3) is 5.91 Å². The third-order valence-electron chi connectivity index (χ3n) is 11.9. The molecular weight excluding hydrogens is 590 g/mol. The molecule has 2 heterocycles. The van der Waals surface area contributed by atoms with Crippen molar-refractivity contribution in [3.63, 3.8) is 0 Å². The van der Waals surface area contributed by atoms with Crippen molar-refractivity contribution < 1.29 is 19.5 Å². The Morgan fingerprint density at radius 1 is 1.04 bits per heavy atom. The Labute approximate surface area is 280 Å². The lowest BCUT2D eigenvalue weighted by atomic mass is 9.43. The lowest BCUT2D eigenvalue weighted by Crippen LogP contribution is -2.55. The number of aliphatic imine (C=N–C) groups is 1. The number of rotatable bonds is 9. The summed E-state index contributed by atoms with van der Waals surface area (Å²) in [6.07, 6.45) is 3.87. The molecule has 2 N–H and O–H groups in total. The highest BCUT2D eigenvalue weighted by Crippen LogP contribution is 2.62. The number of amides is 3. The van der Waals surface area contributed by atoms with Crippen LogP contribution in [0.5, 0.6) is 0 Å². The molecule has 0 radical (unpaired) electrons. The van der Waals surface area contributed by atoms with Crippen LogP contribution in [0.3, 0.4) is 0 Å². The van der Waals surface area contributed by atoms with Gasteiger partial charge in [0.2, 0.25) is 0 Å². The third kappa shape index (κ3) is 6.99. The highest BCUT2D eigenvalue weighted by Gasteiger charge is 2.56. The molecule has 2 aromatic carbocycles. The Balaban J connectivity index is 1.09. The van der Waals surface area contributed by atoms with Crippen molar-refractivity contribution in [3.05, 3.63) is 65.7 Å². The van der Waals surface area contributed by atoms with Crippen molar-refractivity contribution in [2.24, 2.45) is 45.9 Å². The van der Waals surface area contributed by atoms with Gasteiger partial charge in [-0.3, -0.25) is 9.63 Å². The second kappa shape index (κ2) is 14.1. The van der Waals surface area contributed by atoms with Gasteiger partial charge in [0.05, 0.1) is 13.2 Å². The molecule has 2 bridgehead atoms. The van der Waals surface area contributed by atoms with Crippen LogP contribution in [0.25, 0.3) is 0 Å². The summed E-state index contributed by atoms with van der Waals surface area (Å²) in [7, 11) is 0. The van der Waals surface area contributed by atoms with E-state index in [1.807, 2.05) is 47.5 Å². The lowest BCUT2D eigenvalue weighted by molar-refractivity contribution is -0.180. The Morgan fingerprint density at radius 2 is 1.77 bits per heavy atom. The largest absolute Gasteiger partial charge is 0.394 e. The van der Waals surface area contributed by atoms with Crippen molar-refractivity contribution in [2.75, 3.05) is 37.7 Å². The van der Waals surface area contributed by atoms with Crippen molar-refractivity contribution in [2.45, 2.75) is 72.7 Å². The topological polar surface area (TPSA) is 97.7 Å². The molecule has 9 heteroatoms. The SMILES string of the molecule is CC(C)[C@@H]1[C@H](CO)ON(Cc2cccc(N3CCN(C(=O)NCc4ccccc4)CC3)c2)[C@@H]1C(=O)N=CC1C[C@H]2C[C@@H]([C@@H]1C)C2(C)C. The summed E-state index contributed by atoms with van der Waals surface area (Å²) in [5, 5.41) is 15.1. The maximum absolute atomic E-state index is 13.9. The number of benzene rings is 2. The van der Waals surface area contributed by atoms with Gasteiger partial charge < -0.3 is 20.2 Å². The van der Waals surface area contributed by atoms with Crippen molar-refractivity contribution in [1.29, 1.82) is 0 Å². The number of nitrogens with one attached hydrogen (secondary N) is 1. The predicted octanol–water partition coefficient (Wildman–Crippen LogP) is 5.38. The minimum Gasteiger partial charge on any atom is -0.394 e. The number of carbonyl (C=O) groups is 2. The minimum atomic E-state index is -0.560. The summed E-state index contributed by atoms with van der Waals surface area (Å²) < 4.78 is 0. The first-order chi connectivity index (χ1) is 22.6. The number of aliphatic hydroxyl groups excluding tert-OH is 1. The molecule has 3 aliphatic carbocycles. The summed E-state index contributed by atoms with van der Waals surface area (Å²) in [5.41, 5.74) is 3.58. The summed E-state index contributed by atoms with van der Waals surface area (Å²) in [6.45, 7) is 14.8. The standard InChI is InChI=1S/C38H53N5O4/c1-25(2)34-33(24-44)47-43(35(34)36(45)39-22-29-19-30-20-32(26(29)3)38(30,4)5)23-28-12-9-13-31(18-28)41-14-16-42(17-15-41)37(46)40-21-27-10-7-6-8-11-27/h6-13,18,22,25-26,29-30,32-35,44H,14-17,19-21,23-24H2,1-5H3,(H,40,46)/t26-,29?,30+,32+,33+,34-,35+/m1/s1. The van der Waals surface area contributed by atoms with Crippen LogP contribution in [0, 0.1) is 40.9 Å². The van der Waals surface area contributed by atoms with Gasteiger partial charge in [-0.15, -0.1) is 0 Å². The molecule has 2 aliphatic heterocycles. The molecule has 7 rings (SSSR count). The normalized spacial score (nSPS) is 30.5. The Kier molecular flexibility index (Phi) is 10.1. The number of hydroxylamine groups is 2. The van der Waals surface area contributed by atoms with Gasteiger partial charge in [-0.25, -0.2) is 9.79 Å². The third-order valence-corrected chi connectivity index (χ3v) is 11.9. The molecule has 2 saturated heterocycles. The van der Waals surface area contributed by atoms with E-state index < -0.39 is 12.1 Å². The van der Waals surface area contributed by atoms with Crippen LogP contribution < -0.4 is 10.2 Å². The van der Waals surface area contributed by atoms with Crippen LogP contribution in [0.4, 0.5) is 10.5 Å². The van der Waals surface area contributed by atoms with Crippen LogP contribution in [-0.2, 0) is 22.7 Å². The summed E-state index contributed by atoms with van der Waals surface area (Å²) in [6, 6.07) is 17.7. The molecule has 3 saturated carbocycles. The van der Waals surface area contributed by atoms with E-state index in [0.29, 0.717) is 55.3 Å². The molecule has 0 aromatic heterocycles. The molecule has 0 spiro atoms. The van der Waals surface area contributed by atoms with Gasteiger partial charge in [-0.05, 0) is 71.1 Å². The van der Waals surface area contributed by atoms with Crippen LogP contribution >= 0.6 is 0 Å². The van der Waals surface area contributed by atoms with E-state index >= 15 is 0 Å². The van der Waals surface area contributed by atoms with Gasteiger partial charge in [0.15, 0.2) is 0 Å². The molecule has 47 heavy (non-hydrogen) atoms. The van der Waals surface area contributed by atoms with Crippen molar-refractivity contribution >= 4 is 23.8 Å².